The molecule has 0 amide bonds. The topological polar surface area (TPSA) is 237 Å². The van der Waals surface area contributed by atoms with E-state index < -0.39 is 97.5 Å². The van der Waals surface area contributed by atoms with Crippen LogP contribution in [0.3, 0.4) is 0 Å². The molecule has 0 fully saturated rings. The summed E-state index contributed by atoms with van der Waals surface area (Å²) in [5.74, 6) is -0.422. The van der Waals surface area contributed by atoms with Crippen LogP contribution in [0.15, 0.2) is 0 Å². The van der Waals surface area contributed by atoms with Crippen molar-refractivity contribution in [2.45, 2.75) is 509 Å². The summed E-state index contributed by atoms with van der Waals surface area (Å²) < 4.78 is 68.9. The van der Waals surface area contributed by atoms with Gasteiger partial charge in [0, 0.05) is 25.7 Å². The van der Waals surface area contributed by atoms with Crippen LogP contribution in [0.25, 0.3) is 0 Å². The molecule has 0 bridgehead atoms. The lowest BCUT2D eigenvalue weighted by Crippen LogP contribution is -2.30. The van der Waals surface area contributed by atoms with Gasteiger partial charge in [-0.05, 0) is 37.5 Å². The number of carbonyl (C=O) groups is 4. The Kier molecular flexibility index (Phi) is 80.7. The predicted octanol–water partition coefficient (Wildman–Crippen LogP) is 28.2. The number of hydrogen-bond acceptors (Lipinski definition) is 15. The lowest BCUT2D eigenvalue weighted by atomic mass is 9.99. The van der Waals surface area contributed by atoms with Gasteiger partial charge in [0.15, 0.2) is 12.2 Å². The minimum atomic E-state index is -4.97. The third-order valence-electron chi connectivity index (χ3n) is 21.8. The van der Waals surface area contributed by atoms with Crippen LogP contribution >= 0.6 is 15.6 Å². The van der Waals surface area contributed by atoms with Crippen molar-refractivity contribution in [1.29, 1.82) is 0 Å². The molecule has 0 heterocycles. The van der Waals surface area contributed by atoms with E-state index in [4.69, 9.17) is 37.0 Å². The minimum absolute atomic E-state index is 0.108. The zero-order chi connectivity index (χ0) is 80.6. The van der Waals surface area contributed by atoms with Crippen molar-refractivity contribution in [2.24, 2.45) is 11.8 Å². The van der Waals surface area contributed by atoms with E-state index in [0.29, 0.717) is 25.7 Å². The first-order valence-corrected chi connectivity index (χ1v) is 50.0. The third kappa shape index (κ3) is 82.6. The summed E-state index contributed by atoms with van der Waals surface area (Å²) in [5.41, 5.74) is 0. The van der Waals surface area contributed by atoms with E-state index in [1.165, 1.54) is 295 Å². The van der Waals surface area contributed by atoms with Gasteiger partial charge in [0.05, 0.1) is 26.4 Å². The fourth-order valence-electron chi connectivity index (χ4n) is 14.3. The minimum Gasteiger partial charge on any atom is -0.462 e. The lowest BCUT2D eigenvalue weighted by Gasteiger charge is -2.21. The highest BCUT2D eigenvalue weighted by Gasteiger charge is 2.31. The Morgan fingerprint density at radius 2 is 0.464 bits per heavy atom. The van der Waals surface area contributed by atoms with Crippen molar-refractivity contribution < 1.29 is 80.2 Å². The quantitative estimate of drug-likeness (QED) is 0.0222. The number of unbranched alkanes of at least 4 members (excludes halogenated alkanes) is 59. The van der Waals surface area contributed by atoms with Gasteiger partial charge < -0.3 is 33.8 Å². The van der Waals surface area contributed by atoms with Gasteiger partial charge in [-0.25, -0.2) is 9.13 Å². The zero-order valence-electron chi connectivity index (χ0n) is 72.6. The van der Waals surface area contributed by atoms with Crippen molar-refractivity contribution in [1.82, 2.24) is 0 Å². The monoisotopic (exact) mass is 1610 g/mol. The Balaban J connectivity index is 5.14. The summed E-state index contributed by atoms with van der Waals surface area (Å²) >= 11 is 0. The smallest absolute Gasteiger partial charge is 0.462 e. The molecule has 3 unspecified atom stereocenters. The van der Waals surface area contributed by atoms with E-state index in [-0.39, 0.29) is 25.7 Å². The molecule has 0 spiro atoms. The number of phosphoric ester groups is 2. The number of hydrogen-bond donors (Lipinski definition) is 3. The van der Waals surface area contributed by atoms with Gasteiger partial charge in [0.25, 0.3) is 0 Å². The SMILES string of the molecule is CCCCCCCCCCCCCCCCCCCCCCCCC(=O)OC[C@H](COP(=O)(O)OC[C@@H](O)COP(=O)(O)OC[C@@H](COC(=O)CCCCCCCCC)OC(=O)CCCCCCCCCCCCCCCCCCC(C)C)OC(=O)CCCCCCCCCCCCCCCCCCCCC(C)CC. The molecule has 0 saturated carbocycles. The molecule has 6 atom stereocenters. The van der Waals surface area contributed by atoms with Crippen molar-refractivity contribution >= 4 is 39.5 Å². The largest absolute Gasteiger partial charge is 0.472 e. The van der Waals surface area contributed by atoms with E-state index in [2.05, 4.69) is 41.5 Å². The second-order valence-corrected chi connectivity index (χ2v) is 36.3. The highest BCUT2D eigenvalue weighted by molar-refractivity contribution is 7.47. The second kappa shape index (κ2) is 82.2. The standard InChI is InChI=1S/C91H178O17P2/c1-7-10-12-14-16-17-18-19-20-21-22-23-24-25-29-35-40-45-50-56-62-68-74-89(94)102-80-87(108-91(96)76-70-63-57-51-46-41-36-30-27-26-28-34-39-44-49-55-60-66-72-84(6)9-3)82-106-110(99,100)104-78-85(92)77-103-109(97,98)105-81-86(79-101-88(93)73-67-61-53-15-13-11-8-2)107-90(95)75-69-64-58-52-47-42-37-32-31-33-38-43-48-54-59-65-71-83(4)5/h83-87,92H,7-82H2,1-6H3,(H,97,98)(H,99,100)/t84?,85-,86+,87+/m0/s1. The predicted molar refractivity (Wildman–Crippen MR) is 455 cm³/mol. The Labute approximate surface area is 677 Å². The average Bonchev–Trinajstić information content (AvgIpc) is 0.899. The molecule has 110 heavy (non-hydrogen) atoms. The highest BCUT2D eigenvalue weighted by Crippen LogP contribution is 2.45. The molecule has 0 saturated heterocycles. The Morgan fingerprint density at radius 1 is 0.264 bits per heavy atom. The molecule has 0 aliphatic heterocycles. The molecule has 0 rings (SSSR count). The van der Waals surface area contributed by atoms with Gasteiger partial charge in [0.2, 0.25) is 0 Å². The number of ether oxygens (including phenoxy) is 4. The molecule has 0 aromatic heterocycles. The first-order chi connectivity index (χ1) is 53.4. The summed E-state index contributed by atoms with van der Waals surface area (Å²) in [4.78, 5) is 73.2. The molecule has 0 aliphatic rings. The Bertz CT molecular complexity index is 2100. The molecule has 654 valence electrons. The van der Waals surface area contributed by atoms with Gasteiger partial charge >= 0.3 is 39.5 Å². The van der Waals surface area contributed by atoms with E-state index in [1.807, 2.05) is 0 Å². The van der Waals surface area contributed by atoms with Crippen LogP contribution in [-0.2, 0) is 65.4 Å². The molecule has 3 N–H and O–H groups in total. The van der Waals surface area contributed by atoms with Crippen LogP contribution in [0, 0.1) is 11.8 Å². The van der Waals surface area contributed by atoms with Crippen LogP contribution in [-0.4, -0.2) is 96.7 Å². The van der Waals surface area contributed by atoms with Gasteiger partial charge in [-0.2, -0.15) is 0 Å². The van der Waals surface area contributed by atoms with Gasteiger partial charge in [-0.3, -0.25) is 37.3 Å². The molecule has 19 heteroatoms. The molecule has 0 aromatic carbocycles. The molecular formula is C91H178O17P2. The summed E-state index contributed by atoms with van der Waals surface area (Å²) in [6.07, 6.45) is 76.8. The number of aliphatic hydroxyl groups is 1. The fraction of sp³-hybridized carbons (Fsp3) is 0.956. The maximum atomic E-state index is 13.2. The summed E-state index contributed by atoms with van der Waals surface area (Å²) in [5, 5.41) is 10.7. The summed E-state index contributed by atoms with van der Waals surface area (Å²) in [7, 11) is -9.93. The number of aliphatic hydroxyl groups excluding tert-OH is 1. The third-order valence-corrected chi connectivity index (χ3v) is 23.7. The first kappa shape index (κ1) is 108. The normalized spacial score (nSPS) is 14.0. The van der Waals surface area contributed by atoms with Crippen molar-refractivity contribution in [3.8, 4) is 0 Å². The van der Waals surface area contributed by atoms with Crippen LogP contribution in [0.2, 0.25) is 0 Å². The van der Waals surface area contributed by atoms with E-state index in [1.54, 1.807) is 0 Å². The van der Waals surface area contributed by atoms with Crippen molar-refractivity contribution in [2.75, 3.05) is 39.6 Å². The number of phosphoric acid groups is 2. The molecule has 0 aromatic rings. The second-order valence-electron chi connectivity index (χ2n) is 33.4. The number of esters is 4. The first-order valence-electron chi connectivity index (χ1n) is 47.0. The molecule has 0 radical (unpaired) electrons. The maximum absolute atomic E-state index is 13.2. The van der Waals surface area contributed by atoms with E-state index in [0.717, 1.165) is 115 Å². The van der Waals surface area contributed by atoms with E-state index >= 15 is 0 Å². The Morgan fingerprint density at radius 3 is 0.691 bits per heavy atom. The van der Waals surface area contributed by atoms with Crippen LogP contribution < -0.4 is 0 Å². The van der Waals surface area contributed by atoms with Crippen molar-refractivity contribution in [3.05, 3.63) is 0 Å². The van der Waals surface area contributed by atoms with Crippen LogP contribution in [0.1, 0.15) is 491 Å². The number of rotatable bonds is 90. The zero-order valence-corrected chi connectivity index (χ0v) is 74.4. The number of carbonyl (C=O) groups excluding carboxylic acids is 4. The summed E-state index contributed by atoms with van der Waals surface area (Å²) in [6, 6.07) is 0. The van der Waals surface area contributed by atoms with Crippen LogP contribution in [0.5, 0.6) is 0 Å². The Hall–Kier alpha value is -1.94. The molecular weight excluding hydrogens is 1430 g/mol. The highest BCUT2D eigenvalue weighted by atomic mass is 31.2. The maximum Gasteiger partial charge on any atom is 0.472 e. The van der Waals surface area contributed by atoms with Crippen molar-refractivity contribution in [3.63, 3.8) is 0 Å². The van der Waals surface area contributed by atoms with Crippen LogP contribution in [0.4, 0.5) is 0 Å². The van der Waals surface area contributed by atoms with Gasteiger partial charge in [-0.15, -0.1) is 0 Å². The lowest BCUT2D eigenvalue weighted by molar-refractivity contribution is -0.161. The summed E-state index contributed by atoms with van der Waals surface area (Å²) in [6.45, 7) is 9.75. The molecule has 17 nitrogen and oxygen atoms in total. The average molecular weight is 1610 g/mol. The molecule has 0 aliphatic carbocycles. The van der Waals surface area contributed by atoms with Gasteiger partial charge in [-0.1, -0.05) is 440 Å². The fourth-order valence-corrected chi connectivity index (χ4v) is 15.9. The van der Waals surface area contributed by atoms with Gasteiger partial charge in [0.1, 0.15) is 19.3 Å². The van der Waals surface area contributed by atoms with E-state index in [9.17, 15) is 43.2 Å².